The van der Waals surface area contributed by atoms with Crippen LogP contribution in [-0.2, 0) is 14.8 Å². The first-order chi connectivity index (χ1) is 18.8. The van der Waals surface area contributed by atoms with Crippen LogP contribution in [0.3, 0.4) is 0 Å². The summed E-state index contributed by atoms with van der Waals surface area (Å²) in [5.74, 6) is 0. The molecule has 1 N–H and O–H groups in total. The molecule has 0 bridgehead atoms. The van der Waals surface area contributed by atoms with Crippen molar-refractivity contribution in [2.75, 3.05) is 32.8 Å². The molecule has 0 spiro atoms. The van der Waals surface area contributed by atoms with Gasteiger partial charge >= 0.3 is 0 Å². The van der Waals surface area contributed by atoms with E-state index in [1.165, 1.54) is 23.0 Å². The molecule has 1 aliphatic carbocycles. The van der Waals surface area contributed by atoms with Gasteiger partial charge in [-0.1, -0.05) is 23.5 Å². The van der Waals surface area contributed by atoms with Crippen molar-refractivity contribution in [3.63, 3.8) is 0 Å². The molecule has 2 fully saturated rings. The molecule has 3 aromatic heterocycles. The highest BCUT2D eigenvalue weighted by Crippen LogP contribution is 2.38. The Hall–Kier alpha value is -3.42. The van der Waals surface area contributed by atoms with Crippen molar-refractivity contribution in [3.05, 3.63) is 41.3 Å². The van der Waals surface area contributed by atoms with Gasteiger partial charge in [-0.15, -0.1) is 10.2 Å². The lowest BCUT2D eigenvalue weighted by molar-refractivity contribution is 0.0435. The quantitative estimate of drug-likeness (QED) is 0.337. The number of alkyl halides is 2. The second-order valence-electron chi connectivity index (χ2n) is 9.31. The largest absolute Gasteiger partial charge is 0.379 e. The molecule has 0 amide bonds. The average molecular weight is 573 g/mol. The van der Waals surface area contributed by atoms with Crippen molar-refractivity contribution in [1.82, 2.24) is 34.4 Å². The third kappa shape index (κ3) is 4.90. The number of ether oxygens (including phenoxy) is 1. The Labute approximate surface area is 225 Å². The molecule has 4 aromatic rings. The van der Waals surface area contributed by atoms with Gasteiger partial charge in [0.05, 0.1) is 40.8 Å². The van der Waals surface area contributed by atoms with Crippen LogP contribution in [0.25, 0.3) is 33.1 Å². The number of fused-ring (bicyclic) bond motifs is 3. The van der Waals surface area contributed by atoms with Gasteiger partial charge in [0.15, 0.2) is 10.7 Å². The van der Waals surface area contributed by atoms with Crippen LogP contribution in [0.2, 0.25) is 0 Å². The van der Waals surface area contributed by atoms with Crippen molar-refractivity contribution < 1.29 is 21.9 Å². The molecule has 1 saturated carbocycles. The van der Waals surface area contributed by atoms with Crippen LogP contribution in [0, 0.1) is 11.3 Å². The van der Waals surface area contributed by atoms with Gasteiger partial charge in [0.25, 0.3) is 6.43 Å². The maximum atomic E-state index is 13.4. The Kier molecular flexibility index (Phi) is 6.60. The summed E-state index contributed by atoms with van der Waals surface area (Å²) in [6.45, 7) is 3.69. The van der Waals surface area contributed by atoms with Gasteiger partial charge in [-0.25, -0.2) is 27.2 Å². The van der Waals surface area contributed by atoms with Crippen molar-refractivity contribution in [2.45, 2.75) is 29.7 Å². The number of hydrogen-bond donors (Lipinski definition) is 1. The van der Waals surface area contributed by atoms with Gasteiger partial charge in [-0.3, -0.25) is 9.47 Å². The van der Waals surface area contributed by atoms with Gasteiger partial charge in [0.2, 0.25) is 15.2 Å². The Bertz CT molecular complexity index is 1740. The zero-order valence-electron chi connectivity index (χ0n) is 20.4. The number of halogens is 2. The molecule has 1 saturated heterocycles. The topological polar surface area (TPSA) is 139 Å². The number of hydrogen-bond acceptors (Lipinski definition) is 10. The summed E-state index contributed by atoms with van der Waals surface area (Å²) in [6.07, 6.45) is 3.27. The Morgan fingerprint density at radius 3 is 2.72 bits per heavy atom. The highest BCUT2D eigenvalue weighted by Gasteiger charge is 2.46. The van der Waals surface area contributed by atoms with Crippen molar-refractivity contribution in [2.24, 2.45) is 0 Å². The highest BCUT2D eigenvalue weighted by molar-refractivity contribution is 7.89. The number of morpholine rings is 1. The van der Waals surface area contributed by atoms with E-state index in [4.69, 9.17) is 4.74 Å². The second-order valence-corrected chi connectivity index (χ2v) is 12.0. The van der Waals surface area contributed by atoms with Crippen molar-refractivity contribution in [3.8, 4) is 11.2 Å². The molecule has 0 radical (unpaired) electrons. The van der Waals surface area contributed by atoms with Crippen LogP contribution in [0.1, 0.15) is 30.0 Å². The molecular weight excluding hydrogens is 550 g/mol. The zero-order valence-corrected chi connectivity index (χ0v) is 22.1. The normalized spacial score (nSPS) is 17.9. The lowest BCUT2D eigenvalue weighted by Gasteiger charge is -2.25. The Balaban J connectivity index is 1.49. The first kappa shape index (κ1) is 25.8. The molecule has 202 valence electrons. The number of nitriles is 1. The minimum Gasteiger partial charge on any atom is -0.379 e. The van der Waals surface area contributed by atoms with Gasteiger partial charge in [-0.2, -0.15) is 9.98 Å². The number of nitrogens with zero attached hydrogens (tertiary/aromatic N) is 7. The van der Waals surface area contributed by atoms with E-state index in [0.717, 1.165) is 13.1 Å². The maximum Gasteiger partial charge on any atom is 0.291 e. The van der Waals surface area contributed by atoms with Crippen LogP contribution in [0.15, 0.2) is 35.5 Å². The van der Waals surface area contributed by atoms with E-state index in [1.54, 1.807) is 6.07 Å². The fourth-order valence-corrected chi connectivity index (χ4v) is 6.62. The van der Waals surface area contributed by atoms with Gasteiger partial charge in [0, 0.05) is 25.0 Å². The van der Waals surface area contributed by atoms with Gasteiger partial charge in [0.1, 0.15) is 11.9 Å². The fourth-order valence-electron chi connectivity index (χ4n) is 4.51. The van der Waals surface area contributed by atoms with Crippen molar-refractivity contribution >= 4 is 49.4 Å². The maximum absolute atomic E-state index is 13.4. The molecule has 1 aromatic carbocycles. The van der Waals surface area contributed by atoms with Crippen LogP contribution in [0.5, 0.6) is 0 Å². The van der Waals surface area contributed by atoms with E-state index in [2.05, 4.69) is 29.8 Å². The molecule has 6 rings (SSSR count). The number of benzene rings is 1. The smallest absolute Gasteiger partial charge is 0.291 e. The predicted molar refractivity (Wildman–Crippen MR) is 139 cm³/mol. The summed E-state index contributed by atoms with van der Waals surface area (Å²) in [4.78, 5) is 11.0. The first-order valence-corrected chi connectivity index (χ1v) is 14.4. The Morgan fingerprint density at radius 1 is 1.23 bits per heavy atom. The number of sulfonamides is 1. The van der Waals surface area contributed by atoms with E-state index in [-0.39, 0.29) is 10.0 Å². The van der Waals surface area contributed by atoms with Gasteiger partial charge < -0.3 is 4.74 Å². The highest BCUT2D eigenvalue weighted by atomic mass is 32.2. The molecule has 0 unspecified atom stereocenters. The monoisotopic (exact) mass is 572 g/mol. The van der Waals surface area contributed by atoms with Crippen molar-refractivity contribution in [1.29, 1.82) is 5.26 Å². The van der Waals surface area contributed by atoms with Crippen LogP contribution in [0.4, 0.5) is 8.78 Å². The third-order valence-electron chi connectivity index (χ3n) is 6.70. The first-order valence-electron chi connectivity index (χ1n) is 12.1. The summed E-state index contributed by atoms with van der Waals surface area (Å²) in [7, 11) is -4.04. The lowest BCUT2D eigenvalue weighted by atomic mass is 10.1. The molecule has 11 nitrogen and oxygen atoms in total. The van der Waals surface area contributed by atoms with E-state index < -0.39 is 27.0 Å². The molecule has 1 aliphatic heterocycles. The van der Waals surface area contributed by atoms with Crippen LogP contribution in [-0.4, -0.2) is 76.4 Å². The standard InChI is InChI=1S/C24H22F2N8O3S2/c25-20(26)22-30-31-23(38-22)34-18-12-15(39(35,36)32-24(13-27)5-6-24)3-4-16(18)19-17(28-14-29-21(19)34)2-1-7-33-8-10-37-11-9-33/h1-4,12,14,20,32H,5-11H2/b2-1+. The molecule has 0 atom stereocenters. The predicted octanol–water partition coefficient (Wildman–Crippen LogP) is 3.04. The minimum absolute atomic E-state index is 0.0726. The third-order valence-corrected chi connectivity index (χ3v) is 9.15. The van der Waals surface area contributed by atoms with Gasteiger partial charge in [-0.05, 0) is 31.1 Å². The second kappa shape index (κ2) is 9.96. The van der Waals surface area contributed by atoms with E-state index in [0.29, 0.717) is 71.6 Å². The minimum atomic E-state index is -4.04. The average Bonchev–Trinajstić information content (AvgIpc) is 3.37. The summed E-state index contributed by atoms with van der Waals surface area (Å²) in [5.41, 5.74) is 0.248. The number of aromatic nitrogens is 5. The molecule has 4 heterocycles. The van der Waals surface area contributed by atoms with E-state index in [1.807, 2.05) is 18.2 Å². The molecule has 39 heavy (non-hydrogen) atoms. The summed E-state index contributed by atoms with van der Waals surface area (Å²) in [5, 5.41) is 17.8. The number of rotatable bonds is 8. The van der Waals surface area contributed by atoms with E-state index >= 15 is 0 Å². The fraction of sp³-hybridized carbons (Fsp3) is 0.375. The molecule has 15 heteroatoms. The summed E-state index contributed by atoms with van der Waals surface area (Å²) in [6, 6.07) is 6.52. The van der Waals surface area contributed by atoms with Crippen LogP contribution < -0.4 is 4.72 Å². The summed E-state index contributed by atoms with van der Waals surface area (Å²) >= 11 is 0.694. The lowest BCUT2D eigenvalue weighted by Crippen LogP contribution is -2.36. The zero-order chi connectivity index (χ0) is 27.2. The summed E-state index contributed by atoms with van der Waals surface area (Å²) < 4.78 is 62.4. The molecular formula is C24H22F2N8O3S2. The number of nitrogens with one attached hydrogen (secondary N) is 1. The SMILES string of the molecule is N#CC1(NS(=O)(=O)c2ccc3c4c(/C=C/CN5CCOCC5)ncnc4n(-c4nnc(C(F)F)s4)c3c2)CC1. The van der Waals surface area contributed by atoms with Crippen LogP contribution >= 0.6 is 11.3 Å². The Morgan fingerprint density at radius 2 is 2.03 bits per heavy atom. The molecule has 2 aliphatic rings. The van der Waals surface area contributed by atoms with E-state index in [9.17, 15) is 22.5 Å².